The molecule has 3 aromatic rings. The molecule has 0 atom stereocenters. The number of carbonyl (C=O) groups excluding carboxylic acids is 1. The lowest BCUT2D eigenvalue weighted by molar-refractivity contribution is -0.120. The third-order valence-electron chi connectivity index (χ3n) is 4.99. The number of carbonyl (C=O) groups is 1. The molecule has 1 saturated heterocycles. The second-order valence-electron chi connectivity index (χ2n) is 6.89. The average molecular weight is 413 g/mol. The summed E-state index contributed by atoms with van der Waals surface area (Å²) in [6.45, 7) is 1.36. The van der Waals surface area contributed by atoms with Crippen LogP contribution in [-0.2, 0) is 4.79 Å². The van der Waals surface area contributed by atoms with Gasteiger partial charge in [0.2, 0.25) is 11.7 Å². The van der Waals surface area contributed by atoms with Gasteiger partial charge in [-0.25, -0.2) is 0 Å². The molecule has 0 aliphatic carbocycles. The topological polar surface area (TPSA) is 80.5 Å². The van der Waals surface area contributed by atoms with E-state index in [9.17, 15) is 4.79 Å². The van der Waals surface area contributed by atoms with Gasteiger partial charge in [-0.05, 0) is 55.3 Å². The molecular weight excluding hydrogens is 392 g/mol. The van der Waals surface area contributed by atoms with Gasteiger partial charge in [0.05, 0.1) is 7.11 Å². The van der Waals surface area contributed by atoms with E-state index in [1.54, 1.807) is 19.2 Å². The second-order valence-corrected chi connectivity index (χ2v) is 7.33. The lowest BCUT2D eigenvalue weighted by Crippen LogP contribution is -2.38. The van der Waals surface area contributed by atoms with Gasteiger partial charge in [-0.3, -0.25) is 4.79 Å². The van der Waals surface area contributed by atoms with Crippen LogP contribution in [0.5, 0.6) is 5.75 Å². The van der Waals surface area contributed by atoms with Crippen LogP contribution in [0.15, 0.2) is 53.1 Å². The summed E-state index contributed by atoms with van der Waals surface area (Å²) in [6, 6.07) is 15.1. The Kier molecular flexibility index (Phi) is 5.67. The molecule has 1 N–H and O–H groups in total. The number of methoxy groups -OCH3 is 1. The van der Waals surface area contributed by atoms with Crippen molar-refractivity contribution in [1.82, 2.24) is 10.1 Å². The molecule has 7 nitrogen and oxygen atoms in total. The van der Waals surface area contributed by atoms with Gasteiger partial charge in [0.1, 0.15) is 5.75 Å². The summed E-state index contributed by atoms with van der Waals surface area (Å²) in [4.78, 5) is 19.0. The van der Waals surface area contributed by atoms with Gasteiger partial charge in [0, 0.05) is 35.3 Å². The zero-order valence-corrected chi connectivity index (χ0v) is 16.7. The van der Waals surface area contributed by atoms with Gasteiger partial charge in [-0.2, -0.15) is 4.98 Å². The van der Waals surface area contributed by atoms with E-state index in [2.05, 4.69) is 15.5 Å². The Morgan fingerprint density at radius 1 is 1.21 bits per heavy atom. The first-order valence-corrected chi connectivity index (χ1v) is 9.79. The number of hydrogen-bond donors (Lipinski definition) is 1. The van der Waals surface area contributed by atoms with Gasteiger partial charge in [0.25, 0.3) is 0 Å². The molecule has 2 heterocycles. The summed E-state index contributed by atoms with van der Waals surface area (Å²) in [7, 11) is 1.63. The van der Waals surface area contributed by atoms with Crippen LogP contribution < -0.4 is 15.0 Å². The van der Waals surface area contributed by atoms with E-state index in [1.807, 2.05) is 41.3 Å². The first-order chi connectivity index (χ1) is 14.1. The molecule has 0 bridgehead atoms. The molecule has 0 unspecified atom stereocenters. The van der Waals surface area contributed by atoms with Gasteiger partial charge >= 0.3 is 6.01 Å². The van der Waals surface area contributed by atoms with Gasteiger partial charge in [0.15, 0.2) is 0 Å². The number of benzene rings is 2. The molecule has 2 aromatic carbocycles. The zero-order chi connectivity index (χ0) is 20.2. The number of rotatable bonds is 5. The van der Waals surface area contributed by atoms with Gasteiger partial charge in [-0.1, -0.05) is 22.8 Å². The van der Waals surface area contributed by atoms with Crippen LogP contribution in [0.25, 0.3) is 11.4 Å². The van der Waals surface area contributed by atoms with Crippen molar-refractivity contribution >= 4 is 29.2 Å². The molecule has 4 rings (SSSR count). The van der Waals surface area contributed by atoms with Crippen molar-refractivity contribution in [2.75, 3.05) is 30.4 Å². The Bertz CT molecular complexity index is 982. The molecule has 0 radical (unpaired) electrons. The maximum Gasteiger partial charge on any atom is 0.324 e. The summed E-state index contributed by atoms with van der Waals surface area (Å²) < 4.78 is 10.6. The van der Waals surface area contributed by atoms with Gasteiger partial charge < -0.3 is 19.5 Å². The highest BCUT2D eigenvalue weighted by Gasteiger charge is 2.27. The number of aromatic nitrogens is 2. The van der Waals surface area contributed by atoms with E-state index < -0.39 is 0 Å². The standard InChI is InChI=1S/C21H21ClN4O3/c1-28-18-7-5-14(6-8-18)19-24-21(29-25-19)26-11-9-15(10-12-26)20(27)23-17-4-2-3-16(22)13-17/h2-8,13,15H,9-12H2,1H3,(H,23,27). The van der Waals surface area contributed by atoms with E-state index in [0.717, 1.165) is 11.3 Å². The first-order valence-electron chi connectivity index (χ1n) is 9.42. The molecule has 1 aliphatic heterocycles. The van der Waals surface area contributed by atoms with Crippen molar-refractivity contribution < 1.29 is 14.1 Å². The lowest BCUT2D eigenvalue weighted by Gasteiger charge is -2.29. The van der Waals surface area contributed by atoms with Crippen LogP contribution in [0.3, 0.4) is 0 Å². The van der Waals surface area contributed by atoms with Crippen LogP contribution in [-0.4, -0.2) is 36.2 Å². The molecule has 0 spiro atoms. The van der Waals surface area contributed by atoms with Gasteiger partial charge in [-0.15, -0.1) is 0 Å². The largest absolute Gasteiger partial charge is 0.497 e. The minimum Gasteiger partial charge on any atom is -0.497 e. The third kappa shape index (κ3) is 4.51. The highest BCUT2D eigenvalue weighted by atomic mass is 35.5. The van der Waals surface area contributed by atoms with E-state index in [0.29, 0.717) is 48.5 Å². The molecule has 29 heavy (non-hydrogen) atoms. The Labute approximate surface area is 173 Å². The smallest absolute Gasteiger partial charge is 0.324 e. The minimum absolute atomic E-state index is 0.0105. The first kappa shape index (κ1) is 19.3. The number of amides is 1. The molecule has 1 fully saturated rings. The number of hydrogen-bond acceptors (Lipinski definition) is 6. The normalized spacial score (nSPS) is 14.6. The summed E-state index contributed by atoms with van der Waals surface area (Å²) >= 11 is 5.97. The second kappa shape index (κ2) is 8.53. The highest BCUT2D eigenvalue weighted by molar-refractivity contribution is 6.30. The Balaban J connectivity index is 1.34. The van der Waals surface area contributed by atoms with Crippen LogP contribution in [0.1, 0.15) is 12.8 Å². The Hall–Kier alpha value is -3.06. The number of halogens is 1. The minimum atomic E-state index is -0.0609. The summed E-state index contributed by atoms with van der Waals surface area (Å²) in [5, 5.41) is 7.61. The predicted molar refractivity (Wildman–Crippen MR) is 111 cm³/mol. The molecule has 1 amide bonds. The molecule has 8 heteroatoms. The highest BCUT2D eigenvalue weighted by Crippen LogP contribution is 2.26. The molecular formula is C21H21ClN4O3. The fourth-order valence-electron chi connectivity index (χ4n) is 3.34. The fourth-order valence-corrected chi connectivity index (χ4v) is 3.54. The van der Waals surface area contributed by atoms with E-state index in [1.165, 1.54) is 0 Å². The van der Waals surface area contributed by atoms with Crippen molar-refractivity contribution in [3.63, 3.8) is 0 Å². The van der Waals surface area contributed by atoms with Crippen LogP contribution in [0.2, 0.25) is 5.02 Å². The molecule has 1 aromatic heterocycles. The molecule has 1 aliphatic rings. The number of anilines is 2. The van der Waals surface area contributed by atoms with Crippen LogP contribution >= 0.6 is 11.6 Å². The maximum absolute atomic E-state index is 12.5. The summed E-state index contributed by atoms with van der Waals surface area (Å²) in [5.74, 6) is 1.25. The van der Waals surface area contributed by atoms with Crippen molar-refractivity contribution in [3.8, 4) is 17.1 Å². The zero-order valence-electron chi connectivity index (χ0n) is 16.0. The third-order valence-corrected chi connectivity index (χ3v) is 5.23. The molecule has 150 valence electrons. The van der Waals surface area contributed by atoms with Crippen LogP contribution in [0, 0.1) is 5.92 Å². The number of nitrogens with zero attached hydrogens (tertiary/aromatic N) is 3. The quantitative estimate of drug-likeness (QED) is 0.674. The number of nitrogens with one attached hydrogen (secondary N) is 1. The summed E-state index contributed by atoms with van der Waals surface area (Å²) in [5.41, 5.74) is 1.57. The van der Waals surface area contributed by atoms with Crippen molar-refractivity contribution in [3.05, 3.63) is 53.6 Å². The predicted octanol–water partition coefficient (Wildman–Crippen LogP) is 4.25. The number of piperidine rings is 1. The Morgan fingerprint density at radius 3 is 2.66 bits per heavy atom. The monoisotopic (exact) mass is 412 g/mol. The van der Waals surface area contributed by atoms with E-state index in [-0.39, 0.29) is 11.8 Å². The Morgan fingerprint density at radius 2 is 1.97 bits per heavy atom. The van der Waals surface area contributed by atoms with Crippen LogP contribution in [0.4, 0.5) is 11.7 Å². The number of ether oxygens (including phenoxy) is 1. The summed E-state index contributed by atoms with van der Waals surface area (Å²) in [6.07, 6.45) is 1.43. The fraction of sp³-hybridized carbons (Fsp3) is 0.286. The maximum atomic E-state index is 12.5. The van der Waals surface area contributed by atoms with Crippen molar-refractivity contribution in [2.45, 2.75) is 12.8 Å². The van der Waals surface area contributed by atoms with E-state index in [4.69, 9.17) is 20.9 Å². The van der Waals surface area contributed by atoms with Crippen molar-refractivity contribution in [1.29, 1.82) is 0 Å². The molecule has 0 saturated carbocycles. The lowest BCUT2D eigenvalue weighted by atomic mass is 9.96. The average Bonchev–Trinajstić information content (AvgIpc) is 3.24. The van der Waals surface area contributed by atoms with Crippen molar-refractivity contribution in [2.24, 2.45) is 5.92 Å². The van der Waals surface area contributed by atoms with E-state index >= 15 is 0 Å². The SMILES string of the molecule is COc1ccc(-c2noc(N3CCC(C(=O)Nc4cccc(Cl)c4)CC3)n2)cc1.